The summed E-state index contributed by atoms with van der Waals surface area (Å²) in [6, 6.07) is 9.28. The molecule has 0 saturated carbocycles. The van der Waals surface area contributed by atoms with Gasteiger partial charge in [0.25, 0.3) is 5.91 Å². The van der Waals surface area contributed by atoms with Crippen LogP contribution in [-0.2, 0) is 7.05 Å². The molecule has 0 spiro atoms. The smallest absolute Gasteiger partial charge is 0.256 e. The first-order chi connectivity index (χ1) is 11.9. The third kappa shape index (κ3) is 3.20. The van der Waals surface area contributed by atoms with Crippen molar-refractivity contribution in [1.82, 2.24) is 19.7 Å². The maximum Gasteiger partial charge on any atom is 0.256 e. The van der Waals surface area contributed by atoms with Gasteiger partial charge in [-0.3, -0.25) is 14.3 Å². The molecule has 0 aliphatic heterocycles. The van der Waals surface area contributed by atoms with Crippen LogP contribution in [-0.4, -0.2) is 26.8 Å². The fraction of sp³-hybridized carbons (Fsp3) is 0.316. The number of rotatable bonds is 4. The Balaban J connectivity index is 1.82. The van der Waals surface area contributed by atoms with Crippen LogP contribution in [0.5, 0.6) is 0 Å². The van der Waals surface area contributed by atoms with Crippen LogP contribution >= 0.6 is 0 Å². The third-order valence-corrected chi connectivity index (χ3v) is 4.36. The number of aryl methyl sites for hydroxylation is 3. The van der Waals surface area contributed by atoms with Crippen LogP contribution in [0.2, 0.25) is 0 Å². The van der Waals surface area contributed by atoms with Crippen LogP contribution in [0, 0.1) is 13.8 Å². The predicted molar refractivity (Wildman–Crippen MR) is 97.9 cm³/mol. The largest absolute Gasteiger partial charge is 0.350 e. The van der Waals surface area contributed by atoms with E-state index in [-0.39, 0.29) is 22.9 Å². The lowest BCUT2D eigenvalue weighted by Gasteiger charge is -2.15. The highest BCUT2D eigenvalue weighted by Crippen LogP contribution is 2.12. The molecule has 0 fully saturated rings. The second-order valence-corrected chi connectivity index (χ2v) is 6.43. The number of carbonyl (C=O) groups excluding carboxylic acids is 1. The van der Waals surface area contributed by atoms with Crippen molar-refractivity contribution in [2.24, 2.45) is 7.05 Å². The highest BCUT2D eigenvalue weighted by atomic mass is 16.2. The van der Waals surface area contributed by atoms with Gasteiger partial charge in [0.1, 0.15) is 5.56 Å². The van der Waals surface area contributed by atoms with Crippen molar-refractivity contribution in [2.45, 2.75) is 26.8 Å². The van der Waals surface area contributed by atoms with E-state index in [0.717, 1.165) is 16.9 Å². The Morgan fingerprint density at radius 1 is 1.28 bits per heavy atom. The van der Waals surface area contributed by atoms with E-state index in [4.69, 9.17) is 0 Å². The van der Waals surface area contributed by atoms with E-state index in [1.165, 1.54) is 0 Å². The van der Waals surface area contributed by atoms with Gasteiger partial charge in [0.2, 0.25) is 5.43 Å². The number of carbonyl (C=O) groups is 1. The Morgan fingerprint density at radius 3 is 2.68 bits per heavy atom. The molecule has 6 heteroatoms. The average Bonchev–Trinajstić information content (AvgIpc) is 2.94. The third-order valence-electron chi connectivity index (χ3n) is 4.36. The van der Waals surface area contributed by atoms with Crippen LogP contribution in [0.1, 0.15) is 34.7 Å². The van der Waals surface area contributed by atoms with Crippen LogP contribution < -0.4 is 10.7 Å². The fourth-order valence-electron chi connectivity index (χ4n) is 3.12. The molecule has 0 aliphatic rings. The zero-order chi connectivity index (χ0) is 18.1. The average molecular weight is 338 g/mol. The first-order valence-electron chi connectivity index (χ1n) is 8.28. The molecule has 1 aromatic carbocycles. The molecular formula is C19H22N4O2. The molecular weight excluding hydrogens is 316 g/mol. The molecule has 25 heavy (non-hydrogen) atoms. The summed E-state index contributed by atoms with van der Waals surface area (Å²) < 4.78 is 3.68. The lowest BCUT2D eigenvalue weighted by atomic mass is 10.1. The molecule has 3 aromatic rings. The standard InChI is InChI=1S/C19H22N4O2/c1-12-9-13(2)23(21-12)14(3)10-20-19(25)16-11-22(4)17-8-6-5-7-15(17)18(16)24/h5-9,11,14H,10H2,1-4H3,(H,20,25). The highest BCUT2D eigenvalue weighted by molar-refractivity contribution is 5.97. The molecule has 3 rings (SSSR count). The molecule has 130 valence electrons. The number of para-hydroxylation sites is 1. The van der Waals surface area contributed by atoms with Gasteiger partial charge in [-0.25, -0.2) is 0 Å². The second-order valence-electron chi connectivity index (χ2n) is 6.43. The molecule has 6 nitrogen and oxygen atoms in total. The molecule has 2 aromatic heterocycles. The van der Waals surface area contributed by atoms with Crippen LogP contribution in [0.25, 0.3) is 10.9 Å². The zero-order valence-corrected chi connectivity index (χ0v) is 14.9. The number of benzene rings is 1. The predicted octanol–water partition coefficient (Wildman–Crippen LogP) is 2.34. The van der Waals surface area contributed by atoms with Gasteiger partial charge in [-0.2, -0.15) is 5.10 Å². The Morgan fingerprint density at radius 2 is 2.00 bits per heavy atom. The summed E-state index contributed by atoms with van der Waals surface area (Å²) >= 11 is 0. The number of fused-ring (bicyclic) bond motifs is 1. The molecule has 2 heterocycles. The summed E-state index contributed by atoms with van der Waals surface area (Å²) in [5, 5.41) is 7.83. The van der Waals surface area contributed by atoms with Crippen molar-refractivity contribution in [3.8, 4) is 0 Å². The SMILES string of the molecule is Cc1cc(C)n(C(C)CNC(=O)c2cn(C)c3ccccc3c2=O)n1. The van der Waals surface area contributed by atoms with E-state index in [1.54, 1.807) is 22.9 Å². The molecule has 0 bridgehead atoms. The Hall–Kier alpha value is -2.89. The summed E-state index contributed by atoms with van der Waals surface area (Å²) in [7, 11) is 1.83. The van der Waals surface area contributed by atoms with Crippen LogP contribution in [0.3, 0.4) is 0 Å². The Bertz CT molecular complexity index is 1000. The first kappa shape index (κ1) is 17.0. The van der Waals surface area contributed by atoms with Crippen molar-refractivity contribution >= 4 is 16.8 Å². The van der Waals surface area contributed by atoms with Gasteiger partial charge < -0.3 is 9.88 Å². The molecule has 1 amide bonds. The number of aromatic nitrogens is 3. The van der Waals surface area contributed by atoms with E-state index in [0.29, 0.717) is 11.9 Å². The summed E-state index contributed by atoms with van der Waals surface area (Å²) in [4.78, 5) is 25.1. The quantitative estimate of drug-likeness (QED) is 0.794. The number of hydrogen-bond acceptors (Lipinski definition) is 3. The Labute approximate surface area is 146 Å². The van der Waals surface area contributed by atoms with E-state index < -0.39 is 0 Å². The van der Waals surface area contributed by atoms with E-state index in [2.05, 4.69) is 10.4 Å². The number of nitrogens with zero attached hydrogens (tertiary/aromatic N) is 3. The van der Waals surface area contributed by atoms with Gasteiger partial charge in [0, 0.05) is 30.9 Å². The van der Waals surface area contributed by atoms with Crippen molar-refractivity contribution < 1.29 is 4.79 Å². The summed E-state index contributed by atoms with van der Waals surface area (Å²) in [5.41, 5.74) is 2.70. The van der Waals surface area contributed by atoms with Crippen molar-refractivity contribution in [3.05, 3.63) is 63.7 Å². The number of nitrogens with one attached hydrogen (secondary N) is 1. The monoisotopic (exact) mass is 338 g/mol. The molecule has 0 saturated heterocycles. The minimum Gasteiger partial charge on any atom is -0.350 e. The highest BCUT2D eigenvalue weighted by Gasteiger charge is 2.16. The van der Waals surface area contributed by atoms with Gasteiger partial charge in [-0.15, -0.1) is 0 Å². The fourth-order valence-corrected chi connectivity index (χ4v) is 3.12. The van der Waals surface area contributed by atoms with Gasteiger partial charge in [-0.05, 0) is 39.0 Å². The molecule has 0 aliphatic carbocycles. The normalized spacial score (nSPS) is 12.3. The molecule has 1 unspecified atom stereocenters. The summed E-state index contributed by atoms with van der Waals surface area (Å²) in [6.07, 6.45) is 1.59. The van der Waals surface area contributed by atoms with Crippen molar-refractivity contribution in [1.29, 1.82) is 0 Å². The molecule has 1 atom stereocenters. The number of amides is 1. The van der Waals surface area contributed by atoms with Crippen molar-refractivity contribution in [3.63, 3.8) is 0 Å². The molecule has 0 radical (unpaired) electrons. The van der Waals surface area contributed by atoms with E-state index in [9.17, 15) is 9.59 Å². The van der Waals surface area contributed by atoms with Gasteiger partial charge in [0.05, 0.1) is 17.3 Å². The number of hydrogen-bond donors (Lipinski definition) is 1. The van der Waals surface area contributed by atoms with E-state index in [1.807, 2.05) is 50.7 Å². The maximum absolute atomic E-state index is 12.6. The van der Waals surface area contributed by atoms with Gasteiger partial charge in [-0.1, -0.05) is 12.1 Å². The first-order valence-corrected chi connectivity index (χ1v) is 8.28. The minimum atomic E-state index is -0.361. The Kier molecular flexibility index (Phi) is 4.44. The summed E-state index contributed by atoms with van der Waals surface area (Å²) in [6.45, 7) is 6.31. The summed E-state index contributed by atoms with van der Waals surface area (Å²) in [5.74, 6) is -0.361. The van der Waals surface area contributed by atoms with Gasteiger partial charge >= 0.3 is 0 Å². The lowest BCUT2D eigenvalue weighted by molar-refractivity contribution is 0.0946. The number of pyridine rings is 1. The van der Waals surface area contributed by atoms with E-state index >= 15 is 0 Å². The maximum atomic E-state index is 12.6. The van der Waals surface area contributed by atoms with Crippen LogP contribution in [0.4, 0.5) is 0 Å². The van der Waals surface area contributed by atoms with Gasteiger partial charge in [0.15, 0.2) is 0 Å². The topological polar surface area (TPSA) is 68.9 Å². The van der Waals surface area contributed by atoms with Crippen LogP contribution in [0.15, 0.2) is 41.3 Å². The van der Waals surface area contributed by atoms with Crippen molar-refractivity contribution in [2.75, 3.05) is 6.54 Å². The lowest BCUT2D eigenvalue weighted by Crippen LogP contribution is -2.33. The molecule has 1 N–H and O–H groups in total. The zero-order valence-electron chi connectivity index (χ0n) is 14.9. The minimum absolute atomic E-state index is 0.00181. The second kappa shape index (κ2) is 6.55.